The Bertz CT molecular complexity index is 1190. The highest BCUT2D eigenvalue weighted by Gasteiger charge is 2.14. The summed E-state index contributed by atoms with van der Waals surface area (Å²) in [6, 6.07) is 22.8. The van der Waals surface area contributed by atoms with Gasteiger partial charge in [-0.2, -0.15) is 0 Å². The van der Waals surface area contributed by atoms with Gasteiger partial charge in [-0.05, 0) is 53.7 Å². The number of carboxylic acid groups (broad SMARTS) is 1. The lowest BCUT2D eigenvalue weighted by atomic mass is 10.2. The fraction of sp³-hybridized carbons (Fsp3) is 0.0435. The first-order valence-corrected chi connectivity index (χ1v) is 10.7. The highest BCUT2D eigenvalue weighted by atomic mass is 79.9. The van der Waals surface area contributed by atoms with Gasteiger partial charge in [-0.3, -0.25) is 0 Å². The summed E-state index contributed by atoms with van der Waals surface area (Å²) in [4.78, 5) is 19.6. The first kappa shape index (κ1) is 20.3. The van der Waals surface area contributed by atoms with Crippen molar-refractivity contribution >= 4 is 50.8 Å². The van der Waals surface area contributed by atoms with E-state index in [2.05, 4.69) is 25.9 Å². The number of carbonyl (C=O) groups is 1. The van der Waals surface area contributed by atoms with Crippen LogP contribution < -0.4 is 4.74 Å². The first-order valence-electron chi connectivity index (χ1n) is 9.12. The predicted octanol–water partition coefficient (Wildman–Crippen LogP) is 6.12. The molecule has 0 saturated carbocycles. The van der Waals surface area contributed by atoms with Gasteiger partial charge in [-0.25, -0.2) is 9.78 Å². The van der Waals surface area contributed by atoms with E-state index in [0.29, 0.717) is 23.1 Å². The number of benzene rings is 3. The topological polar surface area (TPSA) is 75.2 Å². The number of nitrogens with zero attached hydrogens (tertiary/aromatic N) is 1. The van der Waals surface area contributed by atoms with E-state index in [-0.39, 0.29) is 4.91 Å². The molecule has 3 aromatic carbocycles. The predicted molar refractivity (Wildman–Crippen MR) is 122 cm³/mol. The lowest BCUT2D eigenvalue weighted by Crippen LogP contribution is -1.99. The van der Waals surface area contributed by atoms with Crippen LogP contribution in [0.25, 0.3) is 17.1 Å². The molecular formula is C23H17BrN2O3S. The van der Waals surface area contributed by atoms with Crippen LogP contribution in [0.15, 0.2) is 87.3 Å². The Kier molecular flexibility index (Phi) is 6.21. The molecule has 7 heteroatoms. The summed E-state index contributed by atoms with van der Waals surface area (Å²) < 4.78 is 6.96. The summed E-state index contributed by atoms with van der Waals surface area (Å²) in [5.41, 5.74) is 3.37. The molecular weight excluding hydrogens is 464 g/mol. The number of imidazole rings is 1. The van der Waals surface area contributed by atoms with E-state index in [1.165, 1.54) is 0 Å². The number of fused-ring (bicyclic) bond motifs is 1. The van der Waals surface area contributed by atoms with E-state index in [4.69, 9.17) is 4.74 Å². The fourth-order valence-corrected chi connectivity index (χ4v) is 3.88. The van der Waals surface area contributed by atoms with Crippen molar-refractivity contribution in [3.05, 3.63) is 93.3 Å². The molecule has 4 rings (SSSR count). The van der Waals surface area contributed by atoms with Crippen molar-refractivity contribution in [3.63, 3.8) is 0 Å². The van der Waals surface area contributed by atoms with E-state index >= 15 is 0 Å². The molecule has 0 aliphatic heterocycles. The van der Waals surface area contributed by atoms with Crippen LogP contribution in [0.1, 0.15) is 11.1 Å². The minimum atomic E-state index is -1.02. The van der Waals surface area contributed by atoms with Crippen molar-refractivity contribution in [3.8, 4) is 5.75 Å². The quantitative estimate of drug-likeness (QED) is 0.246. The molecule has 0 saturated heterocycles. The molecule has 1 aromatic heterocycles. The Morgan fingerprint density at radius 3 is 2.57 bits per heavy atom. The standard InChI is InChI=1S/C23H17BrN2O3S/c24-17-11-9-15(10-12-17)14-29-20-8-4-1-5-16(20)13-21(22(27)28)30-23-25-18-6-2-3-7-19(18)26-23/h1-13H,14H2,(H,25,26)(H,27,28)/b21-13-. The molecule has 0 aliphatic carbocycles. The maximum absolute atomic E-state index is 11.9. The second-order valence-corrected chi connectivity index (χ2v) is 8.37. The number of nitrogens with one attached hydrogen (secondary N) is 1. The molecule has 30 heavy (non-hydrogen) atoms. The number of hydrogen-bond acceptors (Lipinski definition) is 4. The molecule has 0 radical (unpaired) electrons. The molecule has 0 atom stereocenters. The summed E-state index contributed by atoms with van der Waals surface area (Å²) in [6.07, 6.45) is 1.61. The van der Waals surface area contributed by atoms with E-state index in [0.717, 1.165) is 32.8 Å². The van der Waals surface area contributed by atoms with Crippen molar-refractivity contribution in [2.24, 2.45) is 0 Å². The Morgan fingerprint density at radius 2 is 1.80 bits per heavy atom. The van der Waals surface area contributed by atoms with Gasteiger partial charge in [-0.15, -0.1) is 0 Å². The molecule has 0 spiro atoms. The largest absolute Gasteiger partial charge is 0.488 e. The SMILES string of the molecule is O=C(O)/C(=C/c1ccccc1OCc1ccc(Br)cc1)Sc1nc2ccccc2[nH]1. The zero-order valence-electron chi connectivity index (χ0n) is 15.7. The second-order valence-electron chi connectivity index (χ2n) is 6.43. The van der Waals surface area contributed by atoms with E-state index in [1.807, 2.05) is 72.8 Å². The number of aliphatic carboxylic acids is 1. The molecule has 0 bridgehead atoms. The summed E-state index contributed by atoms with van der Waals surface area (Å²) in [6.45, 7) is 0.386. The van der Waals surface area contributed by atoms with Crippen LogP contribution in [0.3, 0.4) is 0 Å². The average molecular weight is 481 g/mol. The Hall–Kier alpha value is -3.03. The van der Waals surface area contributed by atoms with Crippen molar-refractivity contribution in [1.29, 1.82) is 0 Å². The molecule has 2 N–H and O–H groups in total. The van der Waals surface area contributed by atoms with Crippen LogP contribution in [0.5, 0.6) is 5.75 Å². The molecule has 1 heterocycles. The van der Waals surface area contributed by atoms with E-state index in [9.17, 15) is 9.90 Å². The van der Waals surface area contributed by atoms with Gasteiger partial charge >= 0.3 is 5.97 Å². The van der Waals surface area contributed by atoms with Crippen molar-refractivity contribution in [1.82, 2.24) is 9.97 Å². The molecule has 4 aromatic rings. The van der Waals surface area contributed by atoms with Crippen molar-refractivity contribution in [2.75, 3.05) is 0 Å². The number of para-hydroxylation sites is 3. The minimum absolute atomic E-state index is 0.147. The third-order valence-electron chi connectivity index (χ3n) is 4.30. The summed E-state index contributed by atoms with van der Waals surface area (Å²) in [5.74, 6) is -0.410. The van der Waals surface area contributed by atoms with Gasteiger partial charge in [0, 0.05) is 10.0 Å². The fourth-order valence-electron chi connectivity index (χ4n) is 2.83. The van der Waals surface area contributed by atoms with Gasteiger partial charge in [0.2, 0.25) is 0 Å². The van der Waals surface area contributed by atoms with Crippen LogP contribution in [0, 0.1) is 0 Å². The third-order valence-corrected chi connectivity index (χ3v) is 5.73. The van der Waals surface area contributed by atoms with Crippen LogP contribution >= 0.6 is 27.7 Å². The van der Waals surface area contributed by atoms with Gasteiger partial charge in [0.1, 0.15) is 17.3 Å². The highest BCUT2D eigenvalue weighted by molar-refractivity contribution is 9.10. The van der Waals surface area contributed by atoms with Gasteiger partial charge in [0.25, 0.3) is 0 Å². The number of aromatic amines is 1. The number of rotatable bonds is 7. The number of ether oxygens (including phenoxy) is 1. The number of H-pyrrole nitrogens is 1. The smallest absolute Gasteiger partial charge is 0.342 e. The molecule has 150 valence electrons. The number of hydrogen-bond donors (Lipinski definition) is 2. The monoisotopic (exact) mass is 480 g/mol. The zero-order valence-corrected chi connectivity index (χ0v) is 18.1. The Labute approximate surface area is 185 Å². The second kappa shape index (κ2) is 9.19. The zero-order chi connectivity index (χ0) is 20.9. The molecule has 0 amide bonds. The van der Waals surface area contributed by atoms with E-state index in [1.54, 1.807) is 6.08 Å². The molecule has 5 nitrogen and oxygen atoms in total. The maximum Gasteiger partial charge on any atom is 0.342 e. The number of halogens is 1. The molecule has 0 fully saturated rings. The summed E-state index contributed by atoms with van der Waals surface area (Å²) >= 11 is 4.49. The number of thioether (sulfide) groups is 1. The van der Waals surface area contributed by atoms with Gasteiger partial charge in [0.05, 0.1) is 11.0 Å². The third kappa shape index (κ3) is 4.93. The van der Waals surface area contributed by atoms with Gasteiger partial charge in [-0.1, -0.05) is 58.4 Å². The molecule has 0 aliphatic rings. The van der Waals surface area contributed by atoms with Crippen LogP contribution in [-0.2, 0) is 11.4 Å². The Balaban J connectivity index is 1.57. The van der Waals surface area contributed by atoms with Crippen LogP contribution in [0.2, 0.25) is 0 Å². The number of carboxylic acids is 1. The summed E-state index contributed by atoms with van der Waals surface area (Å²) in [5, 5.41) is 10.2. The highest BCUT2D eigenvalue weighted by Crippen LogP contribution is 2.30. The first-order chi connectivity index (χ1) is 14.6. The Morgan fingerprint density at radius 1 is 1.07 bits per heavy atom. The van der Waals surface area contributed by atoms with Gasteiger partial charge < -0.3 is 14.8 Å². The normalized spacial score (nSPS) is 11.6. The minimum Gasteiger partial charge on any atom is -0.488 e. The van der Waals surface area contributed by atoms with Crippen molar-refractivity contribution in [2.45, 2.75) is 11.8 Å². The average Bonchev–Trinajstić information content (AvgIpc) is 3.16. The van der Waals surface area contributed by atoms with E-state index < -0.39 is 5.97 Å². The summed E-state index contributed by atoms with van der Waals surface area (Å²) in [7, 11) is 0. The maximum atomic E-state index is 11.9. The van der Waals surface area contributed by atoms with Crippen LogP contribution in [0.4, 0.5) is 0 Å². The van der Waals surface area contributed by atoms with Crippen LogP contribution in [-0.4, -0.2) is 21.0 Å². The van der Waals surface area contributed by atoms with Crippen molar-refractivity contribution < 1.29 is 14.6 Å². The molecule has 0 unspecified atom stereocenters. The lowest BCUT2D eigenvalue weighted by Gasteiger charge is -2.10. The lowest BCUT2D eigenvalue weighted by molar-refractivity contribution is -0.131. The number of aromatic nitrogens is 2. The van der Waals surface area contributed by atoms with Gasteiger partial charge in [0.15, 0.2) is 5.16 Å².